The largest absolute Gasteiger partial charge is 0.382 e. The normalized spacial score (nSPS) is 12.8. The molecule has 0 saturated carbocycles. The lowest BCUT2D eigenvalue weighted by Crippen LogP contribution is -2.05. The van der Waals surface area contributed by atoms with Crippen LogP contribution in [-0.4, -0.2) is 18.2 Å². The molecule has 2 nitrogen and oxygen atoms in total. The van der Waals surface area contributed by atoms with Gasteiger partial charge in [0.2, 0.25) is 0 Å². The average molecular weight is 165 g/mol. The van der Waals surface area contributed by atoms with Gasteiger partial charge in [-0.15, -0.1) is 0 Å². The third-order valence-corrected chi connectivity index (χ3v) is 1.99. The summed E-state index contributed by atoms with van der Waals surface area (Å²) < 4.78 is 5.16. The van der Waals surface area contributed by atoms with E-state index in [1.807, 2.05) is 24.5 Å². The zero-order chi connectivity index (χ0) is 8.81. The fraction of sp³-hybridized carbons (Fsp3) is 0.500. The van der Waals surface area contributed by atoms with Gasteiger partial charge in [-0.2, -0.15) is 0 Å². The van der Waals surface area contributed by atoms with Crippen molar-refractivity contribution in [2.45, 2.75) is 25.9 Å². The molecule has 1 rings (SSSR count). The Morgan fingerprint density at radius 2 is 2.08 bits per heavy atom. The van der Waals surface area contributed by atoms with E-state index in [1.54, 1.807) is 7.11 Å². The summed E-state index contributed by atoms with van der Waals surface area (Å²) in [6.07, 6.45) is 6.13. The molecule has 66 valence electrons. The maximum atomic E-state index is 5.16. The number of methoxy groups -OCH3 is 1. The Labute approximate surface area is 73.6 Å². The molecule has 1 heterocycles. The van der Waals surface area contributed by atoms with Crippen molar-refractivity contribution in [2.24, 2.45) is 0 Å². The van der Waals surface area contributed by atoms with E-state index in [1.165, 1.54) is 5.56 Å². The van der Waals surface area contributed by atoms with Crippen LogP contribution in [0.4, 0.5) is 0 Å². The molecule has 0 aromatic carbocycles. The molecule has 1 atom stereocenters. The van der Waals surface area contributed by atoms with Crippen molar-refractivity contribution in [3.63, 3.8) is 0 Å². The minimum atomic E-state index is 0.346. The Hall–Kier alpha value is -0.890. The summed E-state index contributed by atoms with van der Waals surface area (Å²) in [5.74, 6) is 0. The van der Waals surface area contributed by atoms with Crippen LogP contribution in [0, 0.1) is 0 Å². The molecule has 0 spiro atoms. The summed E-state index contributed by atoms with van der Waals surface area (Å²) in [6.45, 7) is 2.08. The van der Waals surface area contributed by atoms with Gasteiger partial charge in [0.1, 0.15) is 0 Å². The third kappa shape index (κ3) is 3.01. The lowest BCUT2D eigenvalue weighted by molar-refractivity contribution is 0.111. The van der Waals surface area contributed by atoms with Gasteiger partial charge in [0.05, 0.1) is 6.10 Å². The molecule has 2 heteroatoms. The van der Waals surface area contributed by atoms with Crippen molar-refractivity contribution in [2.75, 3.05) is 7.11 Å². The molecule has 0 aliphatic heterocycles. The first-order chi connectivity index (χ1) is 5.83. The van der Waals surface area contributed by atoms with Gasteiger partial charge in [0.25, 0.3) is 0 Å². The van der Waals surface area contributed by atoms with Gasteiger partial charge in [-0.25, -0.2) is 0 Å². The molecule has 0 bridgehead atoms. The van der Waals surface area contributed by atoms with Crippen molar-refractivity contribution in [3.8, 4) is 0 Å². The molecule has 12 heavy (non-hydrogen) atoms. The number of pyridine rings is 1. The minimum absolute atomic E-state index is 0.346. The van der Waals surface area contributed by atoms with Crippen molar-refractivity contribution >= 4 is 0 Å². The number of rotatable bonds is 4. The first kappa shape index (κ1) is 9.20. The van der Waals surface area contributed by atoms with E-state index in [2.05, 4.69) is 11.9 Å². The molecule has 1 aromatic rings. The zero-order valence-electron chi connectivity index (χ0n) is 7.66. The minimum Gasteiger partial charge on any atom is -0.382 e. The lowest BCUT2D eigenvalue weighted by Gasteiger charge is -2.08. The Morgan fingerprint density at radius 1 is 1.42 bits per heavy atom. The van der Waals surface area contributed by atoms with Crippen molar-refractivity contribution in [1.82, 2.24) is 4.98 Å². The Morgan fingerprint density at radius 3 is 2.67 bits per heavy atom. The second-order valence-corrected chi connectivity index (χ2v) is 2.94. The van der Waals surface area contributed by atoms with Crippen LogP contribution in [0.3, 0.4) is 0 Å². The topological polar surface area (TPSA) is 22.1 Å². The highest BCUT2D eigenvalue weighted by atomic mass is 16.5. The van der Waals surface area contributed by atoms with Crippen LogP contribution in [0.5, 0.6) is 0 Å². The van der Waals surface area contributed by atoms with E-state index in [0.717, 1.165) is 12.8 Å². The van der Waals surface area contributed by atoms with Crippen LogP contribution in [-0.2, 0) is 11.2 Å². The summed E-state index contributed by atoms with van der Waals surface area (Å²) in [7, 11) is 1.75. The van der Waals surface area contributed by atoms with E-state index in [4.69, 9.17) is 4.74 Å². The van der Waals surface area contributed by atoms with E-state index in [-0.39, 0.29) is 0 Å². The summed E-state index contributed by atoms with van der Waals surface area (Å²) in [4.78, 5) is 3.96. The first-order valence-corrected chi connectivity index (χ1v) is 4.24. The Kier molecular flexibility index (Phi) is 3.74. The van der Waals surface area contributed by atoms with Gasteiger partial charge < -0.3 is 4.74 Å². The van der Waals surface area contributed by atoms with Crippen LogP contribution < -0.4 is 0 Å². The number of ether oxygens (including phenoxy) is 1. The van der Waals surface area contributed by atoms with Crippen molar-refractivity contribution in [3.05, 3.63) is 30.1 Å². The number of nitrogens with zero attached hydrogens (tertiary/aromatic N) is 1. The highest BCUT2D eigenvalue weighted by molar-refractivity contribution is 5.09. The smallest absolute Gasteiger partial charge is 0.0546 e. The predicted octanol–water partition coefficient (Wildman–Crippen LogP) is 2.05. The second kappa shape index (κ2) is 4.88. The highest BCUT2D eigenvalue weighted by Crippen LogP contribution is 2.04. The van der Waals surface area contributed by atoms with Crippen molar-refractivity contribution in [1.29, 1.82) is 0 Å². The monoisotopic (exact) mass is 165 g/mol. The molecule has 0 radical (unpaired) electrons. The number of hydrogen-bond acceptors (Lipinski definition) is 2. The predicted molar refractivity (Wildman–Crippen MR) is 49.0 cm³/mol. The van der Waals surface area contributed by atoms with Crippen molar-refractivity contribution < 1.29 is 4.74 Å². The van der Waals surface area contributed by atoms with E-state index in [0.29, 0.717) is 6.10 Å². The summed E-state index contributed by atoms with van der Waals surface area (Å²) in [5.41, 5.74) is 1.33. The van der Waals surface area contributed by atoms with E-state index < -0.39 is 0 Å². The quantitative estimate of drug-likeness (QED) is 0.681. The molecule has 0 aliphatic rings. The van der Waals surface area contributed by atoms with Gasteiger partial charge in [-0.1, -0.05) is 0 Å². The summed E-state index contributed by atoms with van der Waals surface area (Å²) in [6, 6.07) is 4.09. The van der Waals surface area contributed by atoms with Crippen LogP contribution in [0.1, 0.15) is 18.9 Å². The molecule has 0 N–H and O–H groups in total. The average Bonchev–Trinajstić information content (AvgIpc) is 2.16. The lowest BCUT2D eigenvalue weighted by atomic mass is 10.1. The van der Waals surface area contributed by atoms with Crippen LogP contribution in [0.25, 0.3) is 0 Å². The SMILES string of the molecule is COC(C)CCc1ccncc1. The van der Waals surface area contributed by atoms with E-state index in [9.17, 15) is 0 Å². The maximum absolute atomic E-state index is 5.16. The highest BCUT2D eigenvalue weighted by Gasteiger charge is 1.99. The van der Waals surface area contributed by atoms with Crippen LogP contribution in [0.2, 0.25) is 0 Å². The standard InChI is InChI=1S/C10H15NO/c1-9(12-2)3-4-10-5-7-11-8-6-10/h5-9H,3-4H2,1-2H3. The van der Waals surface area contributed by atoms with E-state index >= 15 is 0 Å². The van der Waals surface area contributed by atoms with Crippen LogP contribution >= 0.6 is 0 Å². The Bertz CT molecular complexity index is 210. The van der Waals surface area contributed by atoms with Gasteiger partial charge in [-0.05, 0) is 37.5 Å². The summed E-state index contributed by atoms with van der Waals surface area (Å²) >= 11 is 0. The molecule has 0 aliphatic carbocycles. The molecular weight excluding hydrogens is 150 g/mol. The van der Waals surface area contributed by atoms with Crippen LogP contribution in [0.15, 0.2) is 24.5 Å². The van der Waals surface area contributed by atoms with Gasteiger partial charge >= 0.3 is 0 Å². The summed E-state index contributed by atoms with van der Waals surface area (Å²) in [5, 5.41) is 0. The number of aryl methyl sites for hydroxylation is 1. The second-order valence-electron chi connectivity index (χ2n) is 2.94. The fourth-order valence-electron chi connectivity index (χ4n) is 1.04. The number of aromatic nitrogens is 1. The van der Waals surface area contributed by atoms with Gasteiger partial charge in [-0.3, -0.25) is 4.98 Å². The molecule has 0 fully saturated rings. The maximum Gasteiger partial charge on any atom is 0.0546 e. The van der Waals surface area contributed by atoms with Gasteiger partial charge in [0.15, 0.2) is 0 Å². The molecule has 0 amide bonds. The molecule has 0 saturated heterocycles. The third-order valence-electron chi connectivity index (χ3n) is 1.99. The van der Waals surface area contributed by atoms with Gasteiger partial charge in [0, 0.05) is 19.5 Å². The first-order valence-electron chi connectivity index (χ1n) is 4.24. The molecule has 1 aromatic heterocycles. The fourth-order valence-corrected chi connectivity index (χ4v) is 1.04. The zero-order valence-corrected chi connectivity index (χ0v) is 7.66. The molecular formula is C10H15NO. The number of hydrogen-bond donors (Lipinski definition) is 0. The molecule has 1 unspecified atom stereocenters. The Balaban J connectivity index is 2.33.